The summed E-state index contributed by atoms with van der Waals surface area (Å²) in [5.74, 6) is 0.349. The molecular formula is C22H22FN3O3. The summed E-state index contributed by atoms with van der Waals surface area (Å²) >= 11 is 0. The monoisotopic (exact) mass is 395 g/mol. The average molecular weight is 395 g/mol. The first-order valence-corrected chi connectivity index (χ1v) is 9.29. The summed E-state index contributed by atoms with van der Waals surface area (Å²) in [6, 6.07) is 16.5. The van der Waals surface area contributed by atoms with Crippen molar-refractivity contribution in [1.29, 1.82) is 0 Å². The number of nitrogens with zero attached hydrogens (tertiary/aromatic N) is 2. The number of rotatable bonds is 8. The number of carbonyl (C=O) groups excluding carboxylic acids is 1. The third-order valence-electron chi connectivity index (χ3n) is 4.45. The minimum absolute atomic E-state index is 0.0939. The third kappa shape index (κ3) is 5.75. The van der Waals surface area contributed by atoms with E-state index in [1.54, 1.807) is 25.3 Å². The Bertz CT molecular complexity index is 1010. The Balaban J connectivity index is 1.51. The van der Waals surface area contributed by atoms with E-state index in [1.165, 1.54) is 22.9 Å². The number of amides is 1. The number of ether oxygens (including phenoxy) is 1. The maximum atomic E-state index is 13.1. The van der Waals surface area contributed by atoms with Crippen LogP contribution in [0, 0.1) is 5.82 Å². The van der Waals surface area contributed by atoms with Crippen LogP contribution in [0.5, 0.6) is 5.75 Å². The molecule has 0 atom stereocenters. The molecule has 3 aromatic rings. The Morgan fingerprint density at radius 1 is 1.07 bits per heavy atom. The standard InChI is InChI=1S/C22H22FN3O3/c1-29-19-9-2-16(3-10-19)4-12-21(27)24-14-15-26-22(28)13-11-20(25-26)17-5-7-18(23)8-6-17/h2-3,5-11,13H,4,12,14-15H2,1H3,(H,24,27). The number of nitrogens with one attached hydrogen (secondary N) is 1. The second-order valence-electron chi connectivity index (χ2n) is 6.48. The van der Waals surface area contributed by atoms with Crippen LogP contribution in [-0.2, 0) is 17.8 Å². The highest BCUT2D eigenvalue weighted by Gasteiger charge is 2.06. The molecule has 0 saturated carbocycles. The molecule has 0 unspecified atom stereocenters. The van der Waals surface area contributed by atoms with Crippen molar-refractivity contribution in [1.82, 2.24) is 15.1 Å². The van der Waals surface area contributed by atoms with Gasteiger partial charge in [0.05, 0.1) is 19.3 Å². The van der Waals surface area contributed by atoms with Crippen LogP contribution in [0.4, 0.5) is 4.39 Å². The first kappa shape index (κ1) is 20.3. The van der Waals surface area contributed by atoms with Crippen molar-refractivity contribution in [3.05, 3.63) is 82.4 Å². The van der Waals surface area contributed by atoms with Crippen molar-refractivity contribution in [2.75, 3.05) is 13.7 Å². The SMILES string of the molecule is COc1ccc(CCC(=O)NCCn2nc(-c3ccc(F)cc3)ccc2=O)cc1. The van der Waals surface area contributed by atoms with Gasteiger partial charge in [0.2, 0.25) is 5.91 Å². The highest BCUT2D eigenvalue weighted by Crippen LogP contribution is 2.15. The summed E-state index contributed by atoms with van der Waals surface area (Å²) < 4.78 is 19.5. The predicted octanol–water partition coefficient (Wildman–Crippen LogP) is 2.81. The molecule has 0 spiro atoms. The zero-order chi connectivity index (χ0) is 20.6. The Labute approximate surface area is 168 Å². The summed E-state index contributed by atoms with van der Waals surface area (Å²) in [5.41, 5.74) is 2.06. The average Bonchev–Trinajstić information content (AvgIpc) is 2.74. The largest absolute Gasteiger partial charge is 0.497 e. The molecule has 7 heteroatoms. The Hall–Kier alpha value is -3.48. The number of carbonyl (C=O) groups is 1. The Morgan fingerprint density at radius 2 is 1.79 bits per heavy atom. The first-order valence-electron chi connectivity index (χ1n) is 9.29. The van der Waals surface area contributed by atoms with E-state index in [0.717, 1.165) is 11.3 Å². The van der Waals surface area contributed by atoms with Crippen LogP contribution in [0.3, 0.4) is 0 Å². The maximum absolute atomic E-state index is 13.1. The Kier molecular flexibility index (Phi) is 6.73. The second kappa shape index (κ2) is 9.64. The van der Waals surface area contributed by atoms with Gasteiger partial charge in [-0.25, -0.2) is 9.07 Å². The normalized spacial score (nSPS) is 10.6. The number of methoxy groups -OCH3 is 1. The smallest absolute Gasteiger partial charge is 0.266 e. The van der Waals surface area contributed by atoms with E-state index >= 15 is 0 Å². The van der Waals surface area contributed by atoms with E-state index in [9.17, 15) is 14.0 Å². The van der Waals surface area contributed by atoms with E-state index in [0.29, 0.717) is 30.6 Å². The fraction of sp³-hybridized carbons (Fsp3) is 0.227. The molecule has 1 aromatic heterocycles. The van der Waals surface area contributed by atoms with Gasteiger partial charge in [-0.1, -0.05) is 12.1 Å². The topological polar surface area (TPSA) is 73.2 Å². The lowest BCUT2D eigenvalue weighted by molar-refractivity contribution is -0.121. The molecule has 0 aliphatic heterocycles. The molecule has 0 bridgehead atoms. The minimum Gasteiger partial charge on any atom is -0.497 e. The van der Waals surface area contributed by atoms with Crippen molar-refractivity contribution in [3.8, 4) is 17.0 Å². The van der Waals surface area contributed by atoms with Crippen LogP contribution >= 0.6 is 0 Å². The van der Waals surface area contributed by atoms with Gasteiger partial charge in [0.15, 0.2) is 0 Å². The van der Waals surface area contributed by atoms with Gasteiger partial charge in [-0.3, -0.25) is 9.59 Å². The van der Waals surface area contributed by atoms with Crippen LogP contribution < -0.4 is 15.6 Å². The van der Waals surface area contributed by atoms with Crippen LogP contribution in [-0.4, -0.2) is 29.3 Å². The van der Waals surface area contributed by atoms with Crippen LogP contribution in [0.1, 0.15) is 12.0 Å². The van der Waals surface area contributed by atoms with Crippen molar-refractivity contribution in [2.45, 2.75) is 19.4 Å². The fourth-order valence-corrected chi connectivity index (χ4v) is 2.82. The molecule has 6 nitrogen and oxygen atoms in total. The number of benzene rings is 2. The molecule has 0 saturated heterocycles. The summed E-state index contributed by atoms with van der Waals surface area (Å²) in [6.07, 6.45) is 0.971. The van der Waals surface area contributed by atoms with Crippen molar-refractivity contribution >= 4 is 5.91 Å². The number of halogens is 1. The molecule has 1 heterocycles. The summed E-state index contributed by atoms with van der Waals surface area (Å²) in [5, 5.41) is 7.10. The van der Waals surface area contributed by atoms with Crippen molar-refractivity contribution in [2.24, 2.45) is 0 Å². The lowest BCUT2D eigenvalue weighted by atomic mass is 10.1. The molecule has 0 aliphatic carbocycles. The van der Waals surface area contributed by atoms with E-state index in [1.807, 2.05) is 24.3 Å². The minimum atomic E-state index is -0.334. The van der Waals surface area contributed by atoms with E-state index in [2.05, 4.69) is 10.4 Å². The molecule has 150 valence electrons. The van der Waals surface area contributed by atoms with Crippen molar-refractivity contribution in [3.63, 3.8) is 0 Å². The Morgan fingerprint density at radius 3 is 2.48 bits per heavy atom. The molecular weight excluding hydrogens is 373 g/mol. The van der Waals surface area contributed by atoms with Gasteiger partial charge in [-0.05, 0) is 54.4 Å². The fourth-order valence-electron chi connectivity index (χ4n) is 2.82. The van der Waals surface area contributed by atoms with Gasteiger partial charge >= 0.3 is 0 Å². The molecule has 0 radical (unpaired) electrons. The summed E-state index contributed by atoms with van der Waals surface area (Å²) in [6.45, 7) is 0.545. The molecule has 3 rings (SSSR count). The van der Waals surface area contributed by atoms with E-state index in [-0.39, 0.29) is 23.8 Å². The highest BCUT2D eigenvalue weighted by molar-refractivity contribution is 5.76. The number of hydrogen-bond acceptors (Lipinski definition) is 4. The van der Waals surface area contributed by atoms with E-state index in [4.69, 9.17) is 4.74 Å². The van der Waals surface area contributed by atoms with Gasteiger partial charge in [-0.15, -0.1) is 0 Å². The zero-order valence-electron chi connectivity index (χ0n) is 16.1. The van der Waals surface area contributed by atoms with Gasteiger partial charge < -0.3 is 10.1 Å². The lowest BCUT2D eigenvalue weighted by Crippen LogP contribution is -2.32. The van der Waals surface area contributed by atoms with Crippen LogP contribution in [0.2, 0.25) is 0 Å². The second-order valence-corrected chi connectivity index (χ2v) is 6.48. The molecule has 1 amide bonds. The quantitative estimate of drug-likeness (QED) is 0.637. The molecule has 0 fully saturated rings. The van der Waals surface area contributed by atoms with Gasteiger partial charge in [0.25, 0.3) is 5.56 Å². The number of hydrogen-bond donors (Lipinski definition) is 1. The van der Waals surface area contributed by atoms with Crippen LogP contribution in [0.15, 0.2) is 65.5 Å². The molecule has 2 aromatic carbocycles. The van der Waals surface area contributed by atoms with Crippen molar-refractivity contribution < 1.29 is 13.9 Å². The number of aryl methyl sites for hydroxylation is 1. The zero-order valence-corrected chi connectivity index (χ0v) is 16.1. The molecule has 29 heavy (non-hydrogen) atoms. The van der Waals surface area contributed by atoms with Gasteiger partial charge in [0.1, 0.15) is 11.6 Å². The highest BCUT2D eigenvalue weighted by atomic mass is 19.1. The first-order chi connectivity index (χ1) is 14.0. The molecule has 0 aliphatic rings. The maximum Gasteiger partial charge on any atom is 0.266 e. The predicted molar refractivity (Wildman–Crippen MR) is 108 cm³/mol. The van der Waals surface area contributed by atoms with Crippen LogP contribution in [0.25, 0.3) is 11.3 Å². The summed E-state index contributed by atoms with van der Waals surface area (Å²) in [7, 11) is 1.61. The number of aromatic nitrogens is 2. The van der Waals surface area contributed by atoms with Gasteiger partial charge in [0, 0.05) is 24.6 Å². The molecule has 1 N–H and O–H groups in total. The third-order valence-corrected chi connectivity index (χ3v) is 4.45. The lowest BCUT2D eigenvalue weighted by Gasteiger charge is -2.09. The summed E-state index contributed by atoms with van der Waals surface area (Å²) in [4.78, 5) is 24.1. The van der Waals surface area contributed by atoms with Gasteiger partial charge in [-0.2, -0.15) is 5.10 Å². The van der Waals surface area contributed by atoms with E-state index < -0.39 is 0 Å².